The van der Waals surface area contributed by atoms with Crippen LogP contribution in [-0.2, 0) is 4.74 Å². The minimum absolute atomic E-state index is 0.565. The van der Waals surface area contributed by atoms with Gasteiger partial charge < -0.3 is 15.2 Å². The molecule has 11 heavy (non-hydrogen) atoms. The maximum atomic E-state index is 9.16. The molecule has 1 atom stereocenters. The zero-order chi connectivity index (χ0) is 7.68. The topological polar surface area (TPSA) is 44.7 Å². The van der Waals surface area contributed by atoms with Crippen LogP contribution in [0.1, 0.15) is 0 Å². The lowest BCUT2D eigenvalue weighted by atomic mass is 10.1. The summed E-state index contributed by atoms with van der Waals surface area (Å²) in [5.41, 5.74) is 0. The normalized spacial score (nSPS) is 35.2. The second-order valence-corrected chi connectivity index (χ2v) is 3.13. The molecular weight excluding hydrogens is 144 g/mol. The van der Waals surface area contributed by atoms with Crippen molar-refractivity contribution in [1.29, 1.82) is 0 Å². The molecule has 2 N–H and O–H groups in total. The van der Waals surface area contributed by atoms with Crippen molar-refractivity contribution in [3.05, 3.63) is 0 Å². The molecule has 0 radical (unpaired) electrons. The van der Waals surface area contributed by atoms with Crippen LogP contribution in [0.15, 0.2) is 0 Å². The highest BCUT2D eigenvalue weighted by atomic mass is 16.6. The lowest BCUT2D eigenvalue weighted by Crippen LogP contribution is -2.60. The van der Waals surface area contributed by atoms with Gasteiger partial charge in [-0.05, 0) is 0 Å². The molecule has 64 valence electrons. The Bertz CT molecular complexity index is 138. The van der Waals surface area contributed by atoms with Crippen LogP contribution in [0.25, 0.3) is 0 Å². The summed E-state index contributed by atoms with van der Waals surface area (Å²) in [5, 5.41) is 12.4. The van der Waals surface area contributed by atoms with Crippen molar-refractivity contribution in [2.75, 3.05) is 32.8 Å². The van der Waals surface area contributed by atoms with Crippen LogP contribution in [0.3, 0.4) is 0 Å². The molecule has 0 aromatic rings. The second-order valence-electron chi connectivity index (χ2n) is 3.13. The molecule has 0 aliphatic carbocycles. The largest absolute Gasteiger partial charge is 0.367 e. The Morgan fingerprint density at radius 2 is 2.27 bits per heavy atom. The van der Waals surface area contributed by atoms with Gasteiger partial charge in [0.1, 0.15) is 0 Å². The number of hydrogen-bond acceptors (Lipinski definition) is 4. The van der Waals surface area contributed by atoms with Crippen molar-refractivity contribution in [1.82, 2.24) is 10.2 Å². The van der Waals surface area contributed by atoms with Crippen molar-refractivity contribution in [3.63, 3.8) is 0 Å². The van der Waals surface area contributed by atoms with E-state index in [1.165, 1.54) is 0 Å². The molecule has 2 aliphatic heterocycles. The highest BCUT2D eigenvalue weighted by molar-refractivity contribution is 4.85. The summed E-state index contributed by atoms with van der Waals surface area (Å²) >= 11 is 0. The van der Waals surface area contributed by atoms with Crippen LogP contribution in [0.2, 0.25) is 0 Å². The number of morpholine rings is 1. The Kier molecular flexibility index (Phi) is 2.09. The third kappa shape index (κ3) is 1.54. The van der Waals surface area contributed by atoms with Gasteiger partial charge in [0.2, 0.25) is 0 Å². The lowest BCUT2D eigenvalue weighted by Gasteiger charge is -2.41. The fourth-order valence-electron chi connectivity index (χ4n) is 1.51. The summed E-state index contributed by atoms with van der Waals surface area (Å²) in [6, 6.07) is 0.633. The molecule has 0 saturated carbocycles. The first-order valence-corrected chi connectivity index (χ1v) is 4.11. The standard InChI is InChI=1S/C7H14N2O2/c10-7-5-9(1-2-11-7)6-3-8-4-6/h6-8,10H,1-5H2/t7-/m1/s1. The number of rotatable bonds is 1. The number of β-amino-alcohol motifs (C(OH)–C–C–N with tert-alkyl or cyclic N) is 1. The lowest BCUT2D eigenvalue weighted by molar-refractivity contribution is -0.155. The van der Waals surface area contributed by atoms with E-state index < -0.39 is 6.29 Å². The average molecular weight is 158 g/mol. The molecule has 2 rings (SSSR count). The van der Waals surface area contributed by atoms with Gasteiger partial charge in [0.15, 0.2) is 6.29 Å². The van der Waals surface area contributed by atoms with E-state index in [4.69, 9.17) is 9.84 Å². The van der Waals surface area contributed by atoms with Gasteiger partial charge in [-0.1, -0.05) is 0 Å². The molecule has 0 aromatic carbocycles. The van der Waals surface area contributed by atoms with Gasteiger partial charge in [0, 0.05) is 32.2 Å². The minimum atomic E-state index is -0.565. The molecule has 2 fully saturated rings. The molecule has 2 saturated heterocycles. The van der Waals surface area contributed by atoms with Gasteiger partial charge in [-0.25, -0.2) is 0 Å². The highest BCUT2D eigenvalue weighted by Gasteiger charge is 2.28. The van der Waals surface area contributed by atoms with Crippen molar-refractivity contribution >= 4 is 0 Å². The van der Waals surface area contributed by atoms with Crippen LogP contribution < -0.4 is 5.32 Å². The number of nitrogens with one attached hydrogen (secondary N) is 1. The van der Waals surface area contributed by atoms with Crippen LogP contribution in [0, 0.1) is 0 Å². The zero-order valence-corrected chi connectivity index (χ0v) is 6.49. The summed E-state index contributed by atoms with van der Waals surface area (Å²) in [5.74, 6) is 0. The summed E-state index contributed by atoms with van der Waals surface area (Å²) in [6.07, 6.45) is -0.565. The quantitative estimate of drug-likeness (QED) is 0.493. The molecule has 0 aromatic heterocycles. The Morgan fingerprint density at radius 1 is 1.45 bits per heavy atom. The maximum Gasteiger partial charge on any atom is 0.167 e. The molecule has 2 heterocycles. The van der Waals surface area contributed by atoms with E-state index >= 15 is 0 Å². The molecule has 2 aliphatic rings. The van der Waals surface area contributed by atoms with Crippen molar-refractivity contribution < 1.29 is 9.84 Å². The Labute approximate surface area is 66.1 Å². The molecule has 0 amide bonds. The van der Waals surface area contributed by atoms with Gasteiger partial charge in [-0.3, -0.25) is 4.90 Å². The van der Waals surface area contributed by atoms with Crippen LogP contribution >= 0.6 is 0 Å². The predicted molar refractivity (Wildman–Crippen MR) is 40.2 cm³/mol. The van der Waals surface area contributed by atoms with Gasteiger partial charge in [0.05, 0.1) is 6.61 Å². The van der Waals surface area contributed by atoms with Crippen LogP contribution in [0.4, 0.5) is 0 Å². The van der Waals surface area contributed by atoms with E-state index in [2.05, 4.69) is 10.2 Å². The summed E-state index contributed by atoms with van der Waals surface area (Å²) in [6.45, 7) is 4.42. The molecule has 4 heteroatoms. The third-order valence-corrected chi connectivity index (χ3v) is 2.36. The Hall–Kier alpha value is -0.160. The molecule has 0 spiro atoms. The van der Waals surface area contributed by atoms with E-state index in [1.807, 2.05) is 0 Å². The van der Waals surface area contributed by atoms with Gasteiger partial charge in [-0.2, -0.15) is 0 Å². The first-order chi connectivity index (χ1) is 5.36. The fourth-order valence-corrected chi connectivity index (χ4v) is 1.51. The number of hydrogen-bond donors (Lipinski definition) is 2. The number of aliphatic hydroxyl groups excluding tert-OH is 1. The number of nitrogens with zero attached hydrogens (tertiary/aromatic N) is 1. The molecular formula is C7H14N2O2. The number of ether oxygens (including phenoxy) is 1. The summed E-state index contributed by atoms with van der Waals surface area (Å²) in [7, 11) is 0. The zero-order valence-electron chi connectivity index (χ0n) is 6.49. The van der Waals surface area contributed by atoms with E-state index in [9.17, 15) is 0 Å². The van der Waals surface area contributed by atoms with Crippen LogP contribution in [0.5, 0.6) is 0 Å². The Morgan fingerprint density at radius 3 is 2.82 bits per heavy atom. The maximum absolute atomic E-state index is 9.16. The third-order valence-electron chi connectivity index (χ3n) is 2.36. The fraction of sp³-hybridized carbons (Fsp3) is 1.00. The Balaban J connectivity index is 1.82. The molecule has 0 bridgehead atoms. The van der Waals surface area contributed by atoms with E-state index in [0.717, 1.165) is 19.6 Å². The summed E-state index contributed by atoms with van der Waals surface area (Å²) in [4.78, 5) is 2.28. The molecule has 0 unspecified atom stereocenters. The average Bonchev–Trinajstić information content (AvgIpc) is 1.83. The van der Waals surface area contributed by atoms with Gasteiger partial charge >= 0.3 is 0 Å². The number of aliphatic hydroxyl groups is 1. The second kappa shape index (κ2) is 3.06. The predicted octanol–water partition coefficient (Wildman–Crippen LogP) is -1.39. The highest BCUT2D eigenvalue weighted by Crippen LogP contribution is 2.09. The van der Waals surface area contributed by atoms with E-state index in [1.54, 1.807) is 0 Å². The summed E-state index contributed by atoms with van der Waals surface area (Å²) < 4.78 is 5.02. The van der Waals surface area contributed by atoms with E-state index in [-0.39, 0.29) is 0 Å². The van der Waals surface area contributed by atoms with Crippen molar-refractivity contribution in [2.24, 2.45) is 0 Å². The van der Waals surface area contributed by atoms with Gasteiger partial charge in [0.25, 0.3) is 0 Å². The minimum Gasteiger partial charge on any atom is -0.367 e. The van der Waals surface area contributed by atoms with Crippen LogP contribution in [-0.4, -0.2) is 55.1 Å². The first kappa shape index (κ1) is 7.49. The SMILES string of the molecule is O[C@H]1CN(C2CNC2)CCO1. The first-order valence-electron chi connectivity index (χ1n) is 4.11. The van der Waals surface area contributed by atoms with E-state index in [0.29, 0.717) is 19.2 Å². The van der Waals surface area contributed by atoms with Gasteiger partial charge in [-0.15, -0.1) is 0 Å². The molecule has 4 nitrogen and oxygen atoms in total. The monoisotopic (exact) mass is 158 g/mol. The smallest absolute Gasteiger partial charge is 0.167 e. The van der Waals surface area contributed by atoms with Crippen molar-refractivity contribution in [2.45, 2.75) is 12.3 Å². The van der Waals surface area contributed by atoms with Crippen molar-refractivity contribution in [3.8, 4) is 0 Å².